The zero-order valence-electron chi connectivity index (χ0n) is 18.7. The molecule has 2 N–H and O–H groups in total. The summed E-state index contributed by atoms with van der Waals surface area (Å²) < 4.78 is 25.4. The zero-order chi connectivity index (χ0) is 22.7. The molecule has 30 heavy (non-hydrogen) atoms. The maximum atomic E-state index is 11.9. The van der Waals surface area contributed by atoms with Gasteiger partial charge in [-0.05, 0) is 12.8 Å². The van der Waals surface area contributed by atoms with Gasteiger partial charge < -0.3 is 19.3 Å². The van der Waals surface area contributed by atoms with Gasteiger partial charge in [0.15, 0.2) is 6.10 Å². The van der Waals surface area contributed by atoms with Crippen LogP contribution in [0.2, 0.25) is 0 Å². The highest BCUT2D eigenvalue weighted by atomic mass is 31.2. The lowest BCUT2D eigenvalue weighted by molar-refractivity contribution is -0.161. The molecule has 9 heteroatoms. The van der Waals surface area contributed by atoms with Crippen LogP contribution in [0.1, 0.15) is 104 Å². The summed E-state index contributed by atoms with van der Waals surface area (Å²) in [5, 5.41) is 0. The normalized spacial score (nSPS) is 12.5. The van der Waals surface area contributed by atoms with Crippen LogP contribution in [0, 0.1) is 0 Å². The average molecular weight is 453 g/mol. The predicted molar refractivity (Wildman–Crippen MR) is 115 cm³/mol. The number of hydrogen-bond donors (Lipinski definition) is 2. The number of hydrogen-bond acceptors (Lipinski definition) is 6. The summed E-state index contributed by atoms with van der Waals surface area (Å²) in [6.45, 7) is 3.20. The second-order valence-electron chi connectivity index (χ2n) is 7.62. The highest BCUT2D eigenvalue weighted by molar-refractivity contribution is 7.46. The lowest BCUT2D eigenvalue weighted by Gasteiger charge is -2.18. The Morgan fingerprint density at radius 3 is 1.77 bits per heavy atom. The van der Waals surface area contributed by atoms with Crippen molar-refractivity contribution in [3.8, 4) is 0 Å². The number of esters is 2. The molecule has 0 aromatic carbocycles. The van der Waals surface area contributed by atoms with Crippen molar-refractivity contribution < 1.29 is 37.9 Å². The monoisotopic (exact) mass is 452 g/mol. The Balaban J connectivity index is 3.88. The van der Waals surface area contributed by atoms with Gasteiger partial charge in [0, 0.05) is 12.8 Å². The predicted octanol–water partition coefficient (Wildman–Crippen LogP) is 5.05. The van der Waals surface area contributed by atoms with E-state index < -0.39 is 32.5 Å². The lowest BCUT2D eigenvalue weighted by atomic mass is 10.1. The van der Waals surface area contributed by atoms with E-state index in [1.807, 2.05) is 0 Å². The van der Waals surface area contributed by atoms with E-state index in [9.17, 15) is 14.2 Å². The van der Waals surface area contributed by atoms with Crippen LogP contribution in [0.4, 0.5) is 0 Å². The number of phosphoric ester groups is 1. The summed E-state index contributed by atoms with van der Waals surface area (Å²) in [5.41, 5.74) is 0. The van der Waals surface area contributed by atoms with Gasteiger partial charge in [-0.2, -0.15) is 0 Å². The summed E-state index contributed by atoms with van der Waals surface area (Å²) >= 11 is 0. The van der Waals surface area contributed by atoms with Crippen LogP contribution in [0.25, 0.3) is 0 Å². The Labute approximate surface area is 181 Å². The van der Waals surface area contributed by atoms with Crippen LogP contribution in [-0.4, -0.2) is 41.0 Å². The van der Waals surface area contributed by atoms with Crippen molar-refractivity contribution in [1.29, 1.82) is 0 Å². The van der Waals surface area contributed by atoms with Crippen molar-refractivity contribution in [3.05, 3.63) is 0 Å². The molecule has 0 heterocycles. The van der Waals surface area contributed by atoms with Crippen molar-refractivity contribution in [3.63, 3.8) is 0 Å². The van der Waals surface area contributed by atoms with Gasteiger partial charge in [-0.15, -0.1) is 0 Å². The van der Waals surface area contributed by atoms with Crippen LogP contribution < -0.4 is 0 Å². The minimum atomic E-state index is -4.70. The molecule has 0 aliphatic heterocycles. The van der Waals surface area contributed by atoms with Gasteiger partial charge in [-0.3, -0.25) is 14.1 Å². The van der Waals surface area contributed by atoms with E-state index in [4.69, 9.17) is 19.3 Å². The Hall–Kier alpha value is -0.950. The third kappa shape index (κ3) is 20.3. The maximum absolute atomic E-state index is 11.9. The second-order valence-corrected chi connectivity index (χ2v) is 8.86. The van der Waals surface area contributed by atoms with Gasteiger partial charge in [0.05, 0.1) is 6.61 Å². The van der Waals surface area contributed by atoms with Crippen molar-refractivity contribution in [2.75, 3.05) is 13.2 Å². The quantitative estimate of drug-likeness (QED) is 0.150. The first-order valence-electron chi connectivity index (χ1n) is 11.3. The molecule has 0 aromatic rings. The molecule has 0 fully saturated rings. The van der Waals surface area contributed by atoms with Crippen LogP contribution in [-0.2, 0) is 28.2 Å². The topological polar surface area (TPSA) is 119 Å². The van der Waals surface area contributed by atoms with Gasteiger partial charge >= 0.3 is 19.8 Å². The highest BCUT2D eigenvalue weighted by Crippen LogP contribution is 2.35. The number of unbranched alkanes of at least 4 members (excludes halogenated alkanes) is 10. The molecule has 0 amide bonds. The zero-order valence-corrected chi connectivity index (χ0v) is 19.6. The first-order chi connectivity index (χ1) is 14.3. The Kier molecular flexibility index (Phi) is 18.2. The molecule has 0 aliphatic carbocycles. The molecule has 0 radical (unpaired) electrons. The summed E-state index contributed by atoms with van der Waals surface area (Å²) in [6, 6.07) is 0. The molecule has 0 saturated carbocycles. The lowest BCUT2D eigenvalue weighted by Crippen LogP contribution is -2.29. The molecule has 178 valence electrons. The summed E-state index contributed by atoms with van der Waals surface area (Å²) in [6.07, 6.45) is 13.0. The third-order valence-corrected chi connectivity index (χ3v) is 5.08. The van der Waals surface area contributed by atoms with E-state index in [2.05, 4.69) is 11.4 Å². The molecule has 0 aliphatic rings. The largest absolute Gasteiger partial charge is 0.469 e. The average Bonchev–Trinajstić information content (AvgIpc) is 2.67. The van der Waals surface area contributed by atoms with Crippen molar-refractivity contribution in [2.24, 2.45) is 0 Å². The third-order valence-electron chi connectivity index (χ3n) is 4.60. The van der Waals surface area contributed by atoms with E-state index in [1.54, 1.807) is 6.92 Å². The number of rotatable bonds is 20. The summed E-state index contributed by atoms with van der Waals surface area (Å²) in [7, 11) is -4.70. The number of carbonyl (C=O) groups excluding carboxylic acids is 2. The molecular formula is C21H41O8P. The molecule has 0 aromatic heterocycles. The van der Waals surface area contributed by atoms with Crippen molar-refractivity contribution >= 4 is 19.8 Å². The van der Waals surface area contributed by atoms with Crippen molar-refractivity contribution in [2.45, 2.75) is 110 Å². The molecule has 0 unspecified atom stereocenters. The molecule has 8 nitrogen and oxygen atoms in total. The van der Waals surface area contributed by atoms with Gasteiger partial charge in [-0.25, -0.2) is 4.57 Å². The smallest absolute Gasteiger partial charge is 0.462 e. The van der Waals surface area contributed by atoms with Gasteiger partial charge in [0.1, 0.15) is 6.61 Å². The summed E-state index contributed by atoms with van der Waals surface area (Å²) in [5.74, 6) is -0.947. The Bertz CT molecular complexity index is 491. The molecular weight excluding hydrogens is 411 g/mol. The number of ether oxygens (including phenoxy) is 2. The molecule has 0 bridgehead atoms. The van der Waals surface area contributed by atoms with E-state index in [0.717, 1.165) is 19.3 Å². The van der Waals surface area contributed by atoms with Crippen LogP contribution >= 0.6 is 7.82 Å². The first-order valence-corrected chi connectivity index (χ1v) is 12.9. The molecule has 1 atom stereocenters. The molecule has 0 rings (SSSR count). The minimum absolute atomic E-state index is 0.166. The van der Waals surface area contributed by atoms with Gasteiger partial charge in [0.2, 0.25) is 0 Å². The van der Waals surface area contributed by atoms with Crippen molar-refractivity contribution in [1.82, 2.24) is 0 Å². The summed E-state index contributed by atoms with van der Waals surface area (Å²) in [4.78, 5) is 41.0. The molecule has 0 spiro atoms. The van der Waals surface area contributed by atoms with E-state index in [0.29, 0.717) is 6.42 Å². The number of carbonyl (C=O) groups is 2. The van der Waals surface area contributed by atoms with E-state index in [1.165, 1.54) is 51.4 Å². The van der Waals surface area contributed by atoms with Crippen LogP contribution in [0.15, 0.2) is 0 Å². The van der Waals surface area contributed by atoms with Crippen LogP contribution in [0.3, 0.4) is 0 Å². The SMILES string of the molecule is CCCCCCCCCCCCCC(=O)OC[C@@H](COP(=O)(O)O)OC(=O)CCC. The fourth-order valence-electron chi connectivity index (χ4n) is 2.94. The van der Waals surface area contributed by atoms with Gasteiger partial charge in [0.25, 0.3) is 0 Å². The highest BCUT2D eigenvalue weighted by Gasteiger charge is 2.22. The van der Waals surface area contributed by atoms with E-state index in [-0.39, 0.29) is 19.4 Å². The molecule has 0 saturated heterocycles. The minimum Gasteiger partial charge on any atom is -0.462 e. The maximum Gasteiger partial charge on any atom is 0.469 e. The Morgan fingerprint density at radius 1 is 0.733 bits per heavy atom. The van der Waals surface area contributed by atoms with Crippen LogP contribution in [0.5, 0.6) is 0 Å². The second kappa shape index (κ2) is 18.8. The fourth-order valence-corrected chi connectivity index (χ4v) is 3.30. The standard InChI is InChI=1S/C21H41O8P/c1-3-5-6-7-8-9-10-11-12-13-14-16-20(22)27-17-19(18-28-30(24,25)26)29-21(23)15-4-2/h19H,3-18H2,1-2H3,(H2,24,25,26)/t19-/m0/s1. The fraction of sp³-hybridized carbons (Fsp3) is 0.905. The van der Waals surface area contributed by atoms with E-state index >= 15 is 0 Å². The number of phosphoric acid groups is 1. The Morgan fingerprint density at radius 2 is 1.27 bits per heavy atom. The first kappa shape index (κ1) is 29.1. The van der Waals surface area contributed by atoms with Gasteiger partial charge in [-0.1, -0.05) is 78.1 Å².